The zero-order chi connectivity index (χ0) is 33.0. The molecule has 4 rings (SSSR count). The van der Waals surface area contributed by atoms with Gasteiger partial charge in [0.1, 0.15) is 11.5 Å². The van der Waals surface area contributed by atoms with Gasteiger partial charge in [0.2, 0.25) is 0 Å². The van der Waals surface area contributed by atoms with Crippen LogP contribution in [0.15, 0.2) is 66.7 Å². The fourth-order valence-corrected chi connectivity index (χ4v) is 7.51. The number of fused-ring (bicyclic) bond motifs is 2. The van der Waals surface area contributed by atoms with Crippen molar-refractivity contribution >= 4 is 38.2 Å². The minimum absolute atomic E-state index is 0.0698. The van der Waals surface area contributed by atoms with Crippen LogP contribution in [0, 0.1) is 0 Å². The van der Waals surface area contributed by atoms with Crippen LogP contribution in [0.4, 0.5) is 0 Å². The normalized spacial score (nSPS) is 13.0. The summed E-state index contributed by atoms with van der Waals surface area (Å²) in [5.41, 5.74) is 3.68. The molecule has 0 unspecified atom stereocenters. The van der Waals surface area contributed by atoms with E-state index in [-0.39, 0.29) is 10.1 Å². The lowest BCUT2D eigenvalue weighted by atomic mass is 9.91. The number of aryl methyl sites for hydroxylation is 1. The fraction of sp³-hybridized carbons (Fsp3) is 0.500. The number of unbranched alkanes of at least 4 members (excludes halogenated alkanes) is 5. The molecule has 0 aliphatic carbocycles. The number of aliphatic hydroxyl groups is 1. The third-order valence-electron chi connectivity index (χ3n) is 10.4. The molecule has 0 spiro atoms. The summed E-state index contributed by atoms with van der Waals surface area (Å²) in [6, 6.07) is 24.7. The summed E-state index contributed by atoms with van der Waals surface area (Å²) in [4.78, 5) is 0. The molecule has 0 heterocycles. The smallest absolute Gasteiger partial charge is 0.250 e. The van der Waals surface area contributed by atoms with E-state index in [1.807, 2.05) is 0 Å². The van der Waals surface area contributed by atoms with E-state index in [0.717, 1.165) is 41.9 Å². The van der Waals surface area contributed by atoms with E-state index in [2.05, 4.69) is 134 Å². The molecule has 0 fully saturated rings. The molecule has 5 heteroatoms. The third-order valence-corrected chi connectivity index (χ3v) is 19.1. The maximum absolute atomic E-state index is 9.04. The van der Waals surface area contributed by atoms with Crippen LogP contribution in [0.5, 0.6) is 11.5 Å². The highest BCUT2D eigenvalue weighted by molar-refractivity contribution is 6.75. The minimum Gasteiger partial charge on any atom is -0.543 e. The Kier molecular flexibility index (Phi) is 11.0. The average Bonchev–Trinajstić information content (AvgIpc) is 2.95. The van der Waals surface area contributed by atoms with E-state index >= 15 is 0 Å². The van der Waals surface area contributed by atoms with Crippen LogP contribution in [-0.2, 0) is 6.42 Å². The Morgan fingerprint density at radius 1 is 0.556 bits per heavy atom. The molecular weight excluding hydrogens is 585 g/mol. The van der Waals surface area contributed by atoms with Gasteiger partial charge in [0.15, 0.2) is 0 Å². The van der Waals surface area contributed by atoms with Crippen molar-refractivity contribution < 1.29 is 14.0 Å². The first-order chi connectivity index (χ1) is 21.1. The minimum atomic E-state index is -2.15. The summed E-state index contributed by atoms with van der Waals surface area (Å²) in [6.45, 7) is 23.5. The molecule has 1 N–H and O–H groups in total. The second kappa shape index (κ2) is 14.0. The third kappa shape index (κ3) is 8.22. The summed E-state index contributed by atoms with van der Waals surface area (Å²) < 4.78 is 14.4. The first kappa shape index (κ1) is 35.3. The molecule has 0 amide bonds. The molecule has 4 aromatic carbocycles. The molecule has 0 saturated heterocycles. The van der Waals surface area contributed by atoms with E-state index in [9.17, 15) is 0 Å². The summed E-state index contributed by atoms with van der Waals surface area (Å²) in [6.07, 6.45) is 8.02. The van der Waals surface area contributed by atoms with Crippen LogP contribution in [0.2, 0.25) is 36.3 Å². The van der Waals surface area contributed by atoms with Crippen molar-refractivity contribution in [1.29, 1.82) is 0 Å². The molecule has 4 aromatic rings. The van der Waals surface area contributed by atoms with Crippen molar-refractivity contribution in [2.75, 3.05) is 6.61 Å². The molecule has 0 radical (unpaired) electrons. The summed E-state index contributed by atoms with van der Waals surface area (Å²) in [5, 5.41) is 14.1. The molecule has 0 saturated carbocycles. The first-order valence-corrected chi connectivity index (χ1v) is 22.9. The van der Waals surface area contributed by atoms with Gasteiger partial charge in [-0.05, 0) is 94.8 Å². The van der Waals surface area contributed by atoms with Crippen molar-refractivity contribution in [2.24, 2.45) is 0 Å². The lowest BCUT2D eigenvalue weighted by Crippen LogP contribution is -2.44. The van der Waals surface area contributed by atoms with Gasteiger partial charge in [0, 0.05) is 17.7 Å². The molecule has 244 valence electrons. The lowest BCUT2D eigenvalue weighted by molar-refractivity contribution is 0.282. The second-order valence-electron chi connectivity index (χ2n) is 16.0. The van der Waals surface area contributed by atoms with Gasteiger partial charge in [0.05, 0.1) is 0 Å². The van der Waals surface area contributed by atoms with Crippen molar-refractivity contribution in [3.05, 3.63) is 72.3 Å². The van der Waals surface area contributed by atoms with Gasteiger partial charge in [-0.25, -0.2) is 0 Å². The monoisotopic (exact) mass is 642 g/mol. The predicted octanol–water partition coefficient (Wildman–Crippen LogP) is 12.3. The number of hydrogen-bond donors (Lipinski definition) is 1. The van der Waals surface area contributed by atoms with Crippen LogP contribution >= 0.6 is 0 Å². The molecule has 0 aromatic heterocycles. The zero-order valence-electron chi connectivity index (χ0n) is 29.8. The van der Waals surface area contributed by atoms with E-state index in [1.165, 1.54) is 52.8 Å². The second-order valence-corrected chi connectivity index (χ2v) is 25.4. The molecule has 0 atom stereocenters. The SMILES string of the molecule is CC(C)(C)[Si](C)(C)Oc1ccc2ccccc2c1-c1c(O[Si](C)(C)C(C)(C)C)ccc2cc(CCCCCCCCO)ccc12. The zero-order valence-corrected chi connectivity index (χ0v) is 31.8. The highest BCUT2D eigenvalue weighted by Crippen LogP contribution is 2.49. The quantitative estimate of drug-likeness (QED) is 0.116. The van der Waals surface area contributed by atoms with Gasteiger partial charge in [0.25, 0.3) is 16.6 Å². The average molecular weight is 643 g/mol. The van der Waals surface area contributed by atoms with Gasteiger partial charge in [-0.15, -0.1) is 0 Å². The van der Waals surface area contributed by atoms with Gasteiger partial charge in [-0.1, -0.05) is 122 Å². The number of aliphatic hydroxyl groups excluding tert-OH is 1. The number of rotatable bonds is 13. The van der Waals surface area contributed by atoms with Gasteiger partial charge >= 0.3 is 0 Å². The topological polar surface area (TPSA) is 38.7 Å². The number of benzene rings is 4. The molecule has 0 aliphatic rings. The Balaban J connectivity index is 1.88. The fourth-order valence-electron chi connectivity index (χ4n) is 5.46. The Hall–Kier alpha value is -2.61. The van der Waals surface area contributed by atoms with E-state index < -0.39 is 16.6 Å². The molecule has 0 bridgehead atoms. The maximum atomic E-state index is 9.04. The van der Waals surface area contributed by atoms with Crippen molar-refractivity contribution in [2.45, 2.75) is 123 Å². The summed E-state index contributed by atoms with van der Waals surface area (Å²) in [5.74, 6) is 1.92. The van der Waals surface area contributed by atoms with E-state index in [4.69, 9.17) is 14.0 Å². The Bertz CT molecular complexity index is 1590. The van der Waals surface area contributed by atoms with E-state index in [1.54, 1.807) is 0 Å². The lowest BCUT2D eigenvalue weighted by Gasteiger charge is -2.38. The summed E-state index contributed by atoms with van der Waals surface area (Å²) >= 11 is 0. The van der Waals surface area contributed by atoms with Crippen LogP contribution in [0.25, 0.3) is 32.7 Å². The molecule has 0 aliphatic heterocycles. The molecular formula is C40H58O3Si2. The van der Waals surface area contributed by atoms with Crippen LogP contribution in [0.1, 0.15) is 85.6 Å². The molecule has 3 nitrogen and oxygen atoms in total. The standard InChI is InChI=1S/C40H58O3Si2/c1-39(2,3)44(7,8)42-35-26-23-31-20-16-17-21-33(31)37(35)38-34-25-22-30(19-15-13-11-12-14-18-28-41)29-32(34)24-27-36(38)43-45(9,10)40(4,5)6/h16-17,20-27,29,41H,11-15,18-19,28H2,1-10H3. The van der Waals surface area contributed by atoms with Gasteiger partial charge in [-0.3, -0.25) is 0 Å². The highest BCUT2D eigenvalue weighted by atomic mass is 28.4. The van der Waals surface area contributed by atoms with Gasteiger partial charge in [-0.2, -0.15) is 0 Å². The van der Waals surface area contributed by atoms with Crippen LogP contribution in [-0.4, -0.2) is 28.3 Å². The van der Waals surface area contributed by atoms with Crippen molar-refractivity contribution in [1.82, 2.24) is 0 Å². The van der Waals surface area contributed by atoms with E-state index in [0.29, 0.717) is 6.61 Å². The van der Waals surface area contributed by atoms with Crippen LogP contribution in [0.3, 0.4) is 0 Å². The summed E-state index contributed by atoms with van der Waals surface area (Å²) in [7, 11) is -4.29. The predicted molar refractivity (Wildman–Crippen MR) is 201 cm³/mol. The number of hydrogen-bond acceptors (Lipinski definition) is 3. The van der Waals surface area contributed by atoms with Crippen molar-refractivity contribution in [3.8, 4) is 22.6 Å². The van der Waals surface area contributed by atoms with Crippen molar-refractivity contribution in [3.63, 3.8) is 0 Å². The Labute approximate surface area is 275 Å². The maximum Gasteiger partial charge on any atom is 0.250 e. The van der Waals surface area contributed by atoms with Gasteiger partial charge < -0.3 is 14.0 Å². The first-order valence-electron chi connectivity index (χ1n) is 17.1. The molecule has 45 heavy (non-hydrogen) atoms. The highest BCUT2D eigenvalue weighted by Gasteiger charge is 2.41. The largest absolute Gasteiger partial charge is 0.543 e. The van der Waals surface area contributed by atoms with Crippen LogP contribution < -0.4 is 8.85 Å². The Morgan fingerprint density at radius 2 is 1.04 bits per heavy atom. The Morgan fingerprint density at radius 3 is 1.60 bits per heavy atom.